The first kappa shape index (κ1) is 15.1. The zero-order valence-corrected chi connectivity index (χ0v) is 10.5. The molecule has 0 unspecified atom stereocenters. The van der Waals surface area contributed by atoms with Crippen LogP contribution in [0.1, 0.15) is 40.0 Å². The number of carbonyl (C=O) groups excluding carboxylic acids is 2. The molecule has 94 valence electrons. The molecule has 0 atom stereocenters. The van der Waals surface area contributed by atoms with Crippen LogP contribution in [-0.2, 0) is 14.3 Å². The summed E-state index contributed by atoms with van der Waals surface area (Å²) in [6.45, 7) is 8.11. The van der Waals surface area contributed by atoms with Crippen LogP contribution in [0.15, 0.2) is 0 Å². The van der Waals surface area contributed by atoms with Gasteiger partial charge in [-0.15, -0.1) is 0 Å². The van der Waals surface area contributed by atoms with Gasteiger partial charge in [0.25, 0.3) is 6.47 Å². The predicted molar refractivity (Wildman–Crippen MR) is 63.2 cm³/mol. The molecule has 1 heterocycles. The van der Waals surface area contributed by atoms with Gasteiger partial charge in [-0.3, -0.25) is 4.79 Å². The number of hydrogen-bond acceptors (Lipinski definition) is 4. The summed E-state index contributed by atoms with van der Waals surface area (Å²) in [5, 5.41) is 3.26. The fourth-order valence-corrected chi connectivity index (χ4v) is 1.40. The van der Waals surface area contributed by atoms with Crippen LogP contribution in [0.5, 0.6) is 0 Å². The summed E-state index contributed by atoms with van der Waals surface area (Å²) in [4.78, 5) is 19.7. The molecule has 1 aliphatic heterocycles. The number of carbonyl (C=O) groups is 2. The lowest BCUT2D eigenvalue weighted by molar-refractivity contribution is -0.138. The largest absolute Gasteiger partial charge is 0.462 e. The maximum atomic E-state index is 10.1. The molecule has 4 nitrogen and oxygen atoms in total. The standard InChI is InChI=1S/C7H13NO.C5H10O2/c9-6-3-7-1-4-8-5-2-7;1-5(2,3)7-4-6/h6-8H,1-5H2;4H,1-3H3. The van der Waals surface area contributed by atoms with Gasteiger partial charge >= 0.3 is 0 Å². The van der Waals surface area contributed by atoms with Gasteiger partial charge in [0.1, 0.15) is 11.9 Å². The first-order valence-electron chi connectivity index (χ1n) is 5.75. The van der Waals surface area contributed by atoms with Crippen LogP contribution in [0.4, 0.5) is 0 Å². The average Bonchev–Trinajstić information content (AvgIpc) is 2.19. The molecule has 0 spiro atoms. The Balaban J connectivity index is 0.000000293. The number of hydrogen-bond donors (Lipinski definition) is 1. The second-order valence-electron chi connectivity index (χ2n) is 4.92. The van der Waals surface area contributed by atoms with E-state index in [1.165, 1.54) is 12.8 Å². The van der Waals surface area contributed by atoms with Crippen molar-refractivity contribution >= 4 is 12.8 Å². The first-order chi connectivity index (χ1) is 7.49. The van der Waals surface area contributed by atoms with Crippen LogP contribution in [0.2, 0.25) is 0 Å². The minimum absolute atomic E-state index is 0.318. The molecule has 0 aromatic rings. The third-order valence-corrected chi connectivity index (χ3v) is 2.29. The number of ether oxygens (including phenoxy) is 1. The summed E-state index contributed by atoms with van der Waals surface area (Å²) in [6.07, 6.45) is 4.16. The highest BCUT2D eigenvalue weighted by Gasteiger charge is 2.11. The summed E-state index contributed by atoms with van der Waals surface area (Å²) in [5.74, 6) is 0.670. The molecule has 0 bridgehead atoms. The van der Waals surface area contributed by atoms with Crippen molar-refractivity contribution in [3.63, 3.8) is 0 Å². The first-order valence-corrected chi connectivity index (χ1v) is 5.75. The van der Waals surface area contributed by atoms with Gasteiger partial charge in [-0.25, -0.2) is 0 Å². The van der Waals surface area contributed by atoms with E-state index in [9.17, 15) is 9.59 Å². The monoisotopic (exact) mass is 229 g/mol. The van der Waals surface area contributed by atoms with E-state index in [0.29, 0.717) is 12.4 Å². The van der Waals surface area contributed by atoms with E-state index < -0.39 is 0 Å². The van der Waals surface area contributed by atoms with Gasteiger partial charge in [0, 0.05) is 6.42 Å². The number of piperidine rings is 1. The van der Waals surface area contributed by atoms with Crippen molar-refractivity contribution in [3.05, 3.63) is 0 Å². The third kappa shape index (κ3) is 9.65. The van der Waals surface area contributed by atoms with E-state index in [1.54, 1.807) is 0 Å². The van der Waals surface area contributed by atoms with Crippen molar-refractivity contribution in [2.75, 3.05) is 13.1 Å². The summed E-state index contributed by atoms with van der Waals surface area (Å²) in [7, 11) is 0. The Bertz CT molecular complexity index is 193. The van der Waals surface area contributed by atoms with Crippen LogP contribution >= 0.6 is 0 Å². The SMILES string of the molecule is CC(C)(C)OC=O.O=CCC1CCNCC1. The second-order valence-corrected chi connectivity index (χ2v) is 4.92. The molecule has 16 heavy (non-hydrogen) atoms. The maximum absolute atomic E-state index is 10.1. The molecule has 1 saturated heterocycles. The van der Waals surface area contributed by atoms with Crippen molar-refractivity contribution in [1.29, 1.82) is 0 Å². The van der Waals surface area contributed by atoms with Gasteiger partial charge in [0.2, 0.25) is 0 Å². The molecule has 4 heteroatoms. The van der Waals surface area contributed by atoms with E-state index in [4.69, 9.17) is 0 Å². The number of nitrogens with one attached hydrogen (secondary N) is 1. The molecule has 0 radical (unpaired) electrons. The molecular weight excluding hydrogens is 206 g/mol. The minimum atomic E-state index is -0.318. The lowest BCUT2D eigenvalue weighted by atomic mass is 9.96. The lowest BCUT2D eigenvalue weighted by Crippen LogP contribution is -2.27. The maximum Gasteiger partial charge on any atom is 0.293 e. The van der Waals surface area contributed by atoms with Gasteiger partial charge < -0.3 is 14.8 Å². The molecule has 0 aliphatic carbocycles. The Morgan fingerprint density at radius 2 is 1.81 bits per heavy atom. The number of rotatable bonds is 3. The summed E-state index contributed by atoms with van der Waals surface area (Å²) in [5.41, 5.74) is -0.318. The molecular formula is C12H23NO3. The quantitative estimate of drug-likeness (QED) is 0.746. The van der Waals surface area contributed by atoms with Crippen LogP contribution in [-0.4, -0.2) is 31.4 Å². The summed E-state index contributed by atoms with van der Waals surface area (Å²) < 4.78 is 4.55. The molecule has 0 aromatic carbocycles. The molecule has 1 N–H and O–H groups in total. The minimum Gasteiger partial charge on any atom is -0.462 e. The predicted octanol–water partition coefficient (Wildman–Crippen LogP) is 1.53. The van der Waals surface area contributed by atoms with Crippen molar-refractivity contribution < 1.29 is 14.3 Å². The van der Waals surface area contributed by atoms with Crippen molar-refractivity contribution in [1.82, 2.24) is 5.32 Å². The van der Waals surface area contributed by atoms with E-state index in [1.807, 2.05) is 20.8 Å². The van der Waals surface area contributed by atoms with E-state index in [-0.39, 0.29) is 5.60 Å². The smallest absolute Gasteiger partial charge is 0.293 e. The van der Waals surface area contributed by atoms with E-state index in [0.717, 1.165) is 25.8 Å². The normalized spacial score (nSPS) is 16.9. The Morgan fingerprint density at radius 3 is 2.12 bits per heavy atom. The topological polar surface area (TPSA) is 55.4 Å². The van der Waals surface area contributed by atoms with Crippen molar-refractivity contribution in [2.45, 2.75) is 45.6 Å². The molecule has 0 aromatic heterocycles. The fraction of sp³-hybridized carbons (Fsp3) is 0.833. The van der Waals surface area contributed by atoms with E-state index in [2.05, 4.69) is 10.1 Å². The Kier molecular flexibility index (Phi) is 7.81. The zero-order chi connectivity index (χ0) is 12.4. The summed E-state index contributed by atoms with van der Waals surface area (Å²) >= 11 is 0. The average molecular weight is 229 g/mol. The Morgan fingerprint density at radius 1 is 1.25 bits per heavy atom. The van der Waals surface area contributed by atoms with Gasteiger partial charge in [-0.05, 0) is 52.6 Å². The molecule has 1 fully saturated rings. The Labute approximate surface area is 97.7 Å². The van der Waals surface area contributed by atoms with Crippen molar-refractivity contribution in [3.8, 4) is 0 Å². The zero-order valence-electron chi connectivity index (χ0n) is 10.5. The van der Waals surface area contributed by atoms with Crippen LogP contribution in [0, 0.1) is 5.92 Å². The van der Waals surface area contributed by atoms with Crippen molar-refractivity contribution in [2.24, 2.45) is 5.92 Å². The second kappa shape index (κ2) is 8.28. The molecule has 0 saturated carbocycles. The van der Waals surface area contributed by atoms with Crippen LogP contribution in [0.3, 0.4) is 0 Å². The molecule has 1 aliphatic rings. The Hall–Kier alpha value is -0.900. The molecule has 1 rings (SSSR count). The van der Waals surface area contributed by atoms with Gasteiger partial charge in [-0.1, -0.05) is 0 Å². The van der Waals surface area contributed by atoms with Gasteiger partial charge in [-0.2, -0.15) is 0 Å². The number of aldehydes is 1. The summed E-state index contributed by atoms with van der Waals surface area (Å²) in [6, 6.07) is 0. The van der Waals surface area contributed by atoms with Gasteiger partial charge in [0.05, 0.1) is 0 Å². The van der Waals surface area contributed by atoms with Crippen LogP contribution in [0.25, 0.3) is 0 Å². The van der Waals surface area contributed by atoms with Gasteiger partial charge in [0.15, 0.2) is 0 Å². The third-order valence-electron chi connectivity index (χ3n) is 2.29. The highest BCUT2D eigenvalue weighted by molar-refractivity contribution is 5.49. The highest BCUT2D eigenvalue weighted by atomic mass is 16.5. The highest BCUT2D eigenvalue weighted by Crippen LogP contribution is 2.13. The van der Waals surface area contributed by atoms with E-state index >= 15 is 0 Å². The lowest BCUT2D eigenvalue weighted by Gasteiger charge is -2.19. The van der Waals surface area contributed by atoms with Crippen LogP contribution < -0.4 is 5.32 Å². The molecule has 0 amide bonds. The fourth-order valence-electron chi connectivity index (χ4n) is 1.40.